The van der Waals surface area contributed by atoms with Gasteiger partial charge in [0.1, 0.15) is 0 Å². The number of hydrogen-bond donors (Lipinski definition) is 2. The zero-order valence-electron chi connectivity index (χ0n) is 11.6. The molecule has 0 heterocycles. The van der Waals surface area contributed by atoms with E-state index in [1.54, 1.807) is 14.0 Å². The Hall–Kier alpha value is -1.88. The molecule has 19 heavy (non-hydrogen) atoms. The average molecular weight is 263 g/mol. The average Bonchev–Trinajstić information content (AvgIpc) is 2.38. The lowest BCUT2D eigenvalue weighted by molar-refractivity contribution is -0.136. The van der Waals surface area contributed by atoms with Crippen LogP contribution in [0.1, 0.15) is 18.1 Å². The lowest BCUT2D eigenvalue weighted by Gasteiger charge is -2.27. The van der Waals surface area contributed by atoms with Crippen molar-refractivity contribution in [1.82, 2.24) is 4.90 Å². The van der Waals surface area contributed by atoms with Crippen molar-refractivity contribution in [2.45, 2.75) is 25.9 Å². The van der Waals surface area contributed by atoms with Crippen LogP contribution in [0.4, 0.5) is 0 Å². The van der Waals surface area contributed by atoms with Crippen LogP contribution >= 0.6 is 0 Å². The molecule has 0 spiro atoms. The first-order valence-corrected chi connectivity index (χ1v) is 6.10. The Bertz CT molecular complexity index is 474. The number of aliphatic hydroxyl groups is 1. The lowest BCUT2D eigenvalue weighted by Crippen LogP contribution is -2.46. The van der Waals surface area contributed by atoms with Gasteiger partial charge in [-0.2, -0.15) is 0 Å². The van der Waals surface area contributed by atoms with E-state index < -0.39 is 5.54 Å². The minimum Gasteiger partial charge on any atom is -0.393 e. The van der Waals surface area contributed by atoms with Gasteiger partial charge in [-0.3, -0.25) is 9.79 Å². The van der Waals surface area contributed by atoms with Crippen LogP contribution in [0.3, 0.4) is 0 Å². The largest absolute Gasteiger partial charge is 0.393 e. The van der Waals surface area contributed by atoms with Crippen LogP contribution < -0.4 is 5.73 Å². The highest BCUT2D eigenvalue weighted by Gasteiger charge is 2.34. The number of aryl methyl sites for hydroxylation is 1. The van der Waals surface area contributed by atoms with E-state index in [1.807, 2.05) is 31.2 Å². The molecule has 0 aromatic heterocycles. The number of rotatable bonds is 5. The van der Waals surface area contributed by atoms with Crippen LogP contribution in [0.25, 0.3) is 0 Å². The molecular weight excluding hydrogens is 242 g/mol. The summed E-state index contributed by atoms with van der Waals surface area (Å²) in [5, 5.41) is 9.33. The molecule has 0 bridgehead atoms. The standard InChI is InChI=1S/C14H21N3O2/c1-11-5-4-6-12(7-11)8-17(3)13(19)14(2,9-18)16-10-15/h4-7,10,18H,8-9H2,1-3H3,(H2,15,16). The molecule has 0 saturated carbocycles. The van der Waals surface area contributed by atoms with Gasteiger partial charge in [0.2, 0.25) is 0 Å². The Labute approximate surface area is 113 Å². The summed E-state index contributed by atoms with van der Waals surface area (Å²) in [6.45, 7) is 3.65. The van der Waals surface area contributed by atoms with E-state index in [-0.39, 0.29) is 12.5 Å². The molecule has 0 aliphatic rings. The summed E-state index contributed by atoms with van der Waals surface area (Å²) < 4.78 is 0. The van der Waals surface area contributed by atoms with Gasteiger partial charge < -0.3 is 15.7 Å². The van der Waals surface area contributed by atoms with Gasteiger partial charge in [0.15, 0.2) is 5.54 Å². The number of amides is 1. The number of aliphatic imine (C=N–C) groups is 1. The minimum absolute atomic E-state index is 0.266. The van der Waals surface area contributed by atoms with E-state index >= 15 is 0 Å². The van der Waals surface area contributed by atoms with Crippen LogP contribution in [0.15, 0.2) is 29.3 Å². The summed E-state index contributed by atoms with van der Waals surface area (Å²) in [5.74, 6) is -0.266. The molecule has 0 fully saturated rings. The van der Waals surface area contributed by atoms with Crippen LogP contribution in [0, 0.1) is 6.92 Å². The van der Waals surface area contributed by atoms with Crippen molar-refractivity contribution in [3.8, 4) is 0 Å². The molecule has 1 unspecified atom stereocenters. The maximum Gasteiger partial charge on any atom is 0.252 e. The van der Waals surface area contributed by atoms with Crippen molar-refractivity contribution in [2.75, 3.05) is 13.7 Å². The van der Waals surface area contributed by atoms with Crippen LogP contribution in [0.5, 0.6) is 0 Å². The van der Waals surface area contributed by atoms with Crippen LogP contribution in [-0.4, -0.2) is 41.4 Å². The van der Waals surface area contributed by atoms with E-state index in [4.69, 9.17) is 5.73 Å². The number of nitrogens with zero attached hydrogens (tertiary/aromatic N) is 2. The van der Waals surface area contributed by atoms with Gasteiger partial charge in [-0.1, -0.05) is 29.8 Å². The Morgan fingerprint density at radius 1 is 1.58 bits per heavy atom. The Balaban J connectivity index is 2.83. The number of carbonyl (C=O) groups excluding carboxylic acids is 1. The number of carbonyl (C=O) groups is 1. The summed E-state index contributed by atoms with van der Waals surface area (Å²) in [7, 11) is 1.69. The fourth-order valence-electron chi connectivity index (χ4n) is 1.90. The highest BCUT2D eigenvalue weighted by atomic mass is 16.3. The second-order valence-electron chi connectivity index (χ2n) is 4.86. The predicted molar refractivity (Wildman–Crippen MR) is 75.8 cm³/mol. The summed E-state index contributed by atoms with van der Waals surface area (Å²) in [6, 6.07) is 7.93. The first-order chi connectivity index (χ1) is 8.92. The van der Waals surface area contributed by atoms with Gasteiger partial charge in [0.05, 0.1) is 12.9 Å². The predicted octanol–water partition coefficient (Wildman–Crippen LogP) is 0.691. The van der Waals surface area contributed by atoms with Crippen molar-refractivity contribution in [3.63, 3.8) is 0 Å². The molecule has 5 heteroatoms. The normalized spacial score (nSPS) is 14.3. The van der Waals surface area contributed by atoms with Crippen molar-refractivity contribution in [1.29, 1.82) is 0 Å². The monoisotopic (exact) mass is 263 g/mol. The van der Waals surface area contributed by atoms with E-state index in [0.717, 1.165) is 17.5 Å². The van der Waals surface area contributed by atoms with Gasteiger partial charge in [0, 0.05) is 13.6 Å². The third-order valence-corrected chi connectivity index (χ3v) is 2.98. The Morgan fingerprint density at radius 3 is 2.79 bits per heavy atom. The first-order valence-electron chi connectivity index (χ1n) is 6.10. The van der Waals surface area contributed by atoms with Gasteiger partial charge in [0.25, 0.3) is 5.91 Å². The highest BCUT2D eigenvalue weighted by Crippen LogP contribution is 2.15. The molecule has 0 aliphatic carbocycles. The molecule has 1 atom stereocenters. The fraction of sp³-hybridized carbons (Fsp3) is 0.429. The number of hydrogen-bond acceptors (Lipinski definition) is 3. The topological polar surface area (TPSA) is 78.9 Å². The van der Waals surface area contributed by atoms with Crippen LogP contribution in [-0.2, 0) is 11.3 Å². The summed E-state index contributed by atoms with van der Waals surface area (Å²) in [4.78, 5) is 17.7. The number of benzene rings is 1. The highest BCUT2D eigenvalue weighted by molar-refractivity contribution is 5.87. The number of nitrogens with two attached hydrogens (primary N) is 1. The van der Waals surface area contributed by atoms with E-state index in [9.17, 15) is 9.90 Å². The van der Waals surface area contributed by atoms with E-state index in [2.05, 4.69) is 4.99 Å². The molecule has 1 rings (SSSR count). The van der Waals surface area contributed by atoms with Gasteiger partial charge in [-0.05, 0) is 19.4 Å². The third kappa shape index (κ3) is 3.79. The molecule has 1 aromatic carbocycles. The van der Waals surface area contributed by atoms with Crippen molar-refractivity contribution in [3.05, 3.63) is 35.4 Å². The van der Waals surface area contributed by atoms with Crippen LogP contribution in [0.2, 0.25) is 0 Å². The fourth-order valence-corrected chi connectivity index (χ4v) is 1.90. The molecule has 1 amide bonds. The molecule has 104 valence electrons. The zero-order chi connectivity index (χ0) is 14.5. The molecule has 5 nitrogen and oxygen atoms in total. The molecule has 1 aromatic rings. The molecular formula is C14H21N3O2. The van der Waals surface area contributed by atoms with Crippen molar-refractivity contribution >= 4 is 12.2 Å². The second-order valence-corrected chi connectivity index (χ2v) is 4.86. The number of aliphatic hydroxyl groups excluding tert-OH is 1. The molecule has 0 radical (unpaired) electrons. The maximum absolute atomic E-state index is 12.3. The second kappa shape index (κ2) is 6.33. The summed E-state index contributed by atoms with van der Waals surface area (Å²) in [5.41, 5.74) is 6.19. The van der Waals surface area contributed by atoms with E-state index in [1.165, 1.54) is 4.90 Å². The lowest BCUT2D eigenvalue weighted by atomic mass is 10.0. The Morgan fingerprint density at radius 2 is 2.26 bits per heavy atom. The van der Waals surface area contributed by atoms with E-state index in [0.29, 0.717) is 6.54 Å². The Kier molecular flexibility index (Phi) is 5.06. The van der Waals surface area contributed by atoms with Gasteiger partial charge in [-0.25, -0.2) is 0 Å². The molecule has 0 saturated heterocycles. The third-order valence-electron chi connectivity index (χ3n) is 2.98. The molecule has 3 N–H and O–H groups in total. The number of likely N-dealkylation sites (N-methyl/N-ethyl adjacent to an activating group) is 1. The first kappa shape index (κ1) is 15.2. The SMILES string of the molecule is Cc1cccc(CN(C)C(=O)C(C)(CO)N=CN)c1. The smallest absolute Gasteiger partial charge is 0.252 e. The van der Waals surface area contributed by atoms with Crippen molar-refractivity contribution < 1.29 is 9.90 Å². The quantitative estimate of drug-likeness (QED) is 0.606. The minimum atomic E-state index is -1.21. The maximum atomic E-state index is 12.3. The summed E-state index contributed by atoms with van der Waals surface area (Å²) in [6.07, 6.45) is 1.05. The molecule has 0 aliphatic heterocycles. The summed E-state index contributed by atoms with van der Waals surface area (Å²) >= 11 is 0. The van der Waals surface area contributed by atoms with Gasteiger partial charge >= 0.3 is 0 Å². The zero-order valence-corrected chi connectivity index (χ0v) is 11.6. The van der Waals surface area contributed by atoms with Gasteiger partial charge in [-0.15, -0.1) is 0 Å². The van der Waals surface area contributed by atoms with Crippen molar-refractivity contribution in [2.24, 2.45) is 10.7 Å².